The Morgan fingerprint density at radius 1 is 1.64 bits per heavy atom. The van der Waals surface area contributed by atoms with Gasteiger partial charge in [0.1, 0.15) is 4.90 Å². The van der Waals surface area contributed by atoms with Crippen molar-refractivity contribution in [2.75, 3.05) is 6.26 Å². The van der Waals surface area contributed by atoms with E-state index in [2.05, 4.69) is 5.16 Å². The van der Waals surface area contributed by atoms with Gasteiger partial charge in [0, 0.05) is 12.7 Å². The van der Waals surface area contributed by atoms with E-state index in [1.165, 1.54) is 6.20 Å². The fourth-order valence-corrected chi connectivity index (χ4v) is 1.63. The van der Waals surface area contributed by atoms with Crippen LogP contribution in [0, 0.1) is 0 Å². The van der Waals surface area contributed by atoms with Gasteiger partial charge in [-0.3, -0.25) is 0 Å². The van der Waals surface area contributed by atoms with Crippen LogP contribution in [0.3, 0.4) is 0 Å². The van der Waals surface area contributed by atoms with Crippen molar-refractivity contribution in [3.05, 3.63) is 12.0 Å². The van der Waals surface area contributed by atoms with Crippen LogP contribution in [0.1, 0.15) is 12.7 Å². The molecule has 1 aromatic heterocycles. The summed E-state index contributed by atoms with van der Waals surface area (Å²) in [6.45, 7) is 1.81. The highest BCUT2D eigenvalue weighted by molar-refractivity contribution is 7.90. The molecule has 62 valence electrons. The Morgan fingerprint density at radius 2 is 2.27 bits per heavy atom. The number of sulfone groups is 1. The van der Waals surface area contributed by atoms with E-state index in [4.69, 9.17) is 4.52 Å². The molecule has 5 heteroatoms. The molecule has 0 bridgehead atoms. The van der Waals surface area contributed by atoms with Gasteiger partial charge < -0.3 is 4.52 Å². The van der Waals surface area contributed by atoms with Gasteiger partial charge in [-0.2, -0.15) is 0 Å². The third-order valence-electron chi connectivity index (χ3n) is 1.33. The Morgan fingerprint density at radius 3 is 2.64 bits per heavy atom. The lowest BCUT2D eigenvalue weighted by Gasteiger charge is -1.92. The van der Waals surface area contributed by atoms with Crippen LogP contribution in [-0.4, -0.2) is 19.8 Å². The Labute approximate surface area is 65.1 Å². The van der Waals surface area contributed by atoms with Gasteiger partial charge in [0.2, 0.25) is 0 Å². The van der Waals surface area contributed by atoms with Gasteiger partial charge in [0.15, 0.2) is 15.6 Å². The average molecular weight is 175 g/mol. The lowest BCUT2D eigenvalue weighted by molar-refractivity contribution is 0.383. The molecule has 0 unspecified atom stereocenters. The van der Waals surface area contributed by atoms with Gasteiger partial charge >= 0.3 is 0 Å². The average Bonchev–Trinajstić information content (AvgIpc) is 2.31. The number of aryl methyl sites for hydroxylation is 1. The van der Waals surface area contributed by atoms with Gasteiger partial charge in [0.25, 0.3) is 0 Å². The number of rotatable bonds is 2. The fraction of sp³-hybridized carbons (Fsp3) is 0.500. The van der Waals surface area contributed by atoms with E-state index in [9.17, 15) is 8.42 Å². The maximum atomic E-state index is 11.0. The van der Waals surface area contributed by atoms with Crippen LogP contribution in [-0.2, 0) is 16.3 Å². The van der Waals surface area contributed by atoms with E-state index in [-0.39, 0.29) is 4.90 Å². The zero-order valence-corrected chi connectivity index (χ0v) is 7.18. The molecule has 0 aromatic carbocycles. The minimum Gasteiger partial charge on any atom is -0.360 e. The second-order valence-electron chi connectivity index (χ2n) is 2.24. The summed E-state index contributed by atoms with van der Waals surface area (Å²) in [5.41, 5.74) is 0. The summed E-state index contributed by atoms with van der Waals surface area (Å²) in [5.74, 6) is 0.424. The minimum absolute atomic E-state index is 0.194. The Hall–Kier alpha value is -0.840. The molecule has 0 fully saturated rings. The standard InChI is InChI=1S/C6H9NO3S/c1-3-5-6(4-7-10-5)11(2,8)9/h4H,3H2,1-2H3. The maximum Gasteiger partial charge on any atom is 0.180 e. The van der Waals surface area contributed by atoms with Crippen molar-refractivity contribution >= 4 is 9.84 Å². The lowest BCUT2D eigenvalue weighted by atomic mass is 10.4. The van der Waals surface area contributed by atoms with E-state index in [0.717, 1.165) is 6.26 Å². The molecule has 0 aliphatic rings. The topological polar surface area (TPSA) is 60.2 Å². The van der Waals surface area contributed by atoms with E-state index < -0.39 is 9.84 Å². The lowest BCUT2D eigenvalue weighted by Crippen LogP contribution is -1.98. The summed E-state index contributed by atoms with van der Waals surface area (Å²) < 4.78 is 26.7. The molecule has 0 saturated heterocycles. The van der Waals surface area contributed by atoms with Crippen molar-refractivity contribution in [1.29, 1.82) is 0 Å². The zero-order chi connectivity index (χ0) is 8.48. The van der Waals surface area contributed by atoms with Gasteiger partial charge in [-0.05, 0) is 0 Å². The van der Waals surface area contributed by atoms with Gasteiger partial charge in [-0.1, -0.05) is 12.1 Å². The Bertz CT molecular complexity index is 338. The SMILES string of the molecule is CCc1oncc1S(C)(=O)=O. The molecule has 0 aliphatic carbocycles. The summed E-state index contributed by atoms with van der Waals surface area (Å²) >= 11 is 0. The predicted octanol–water partition coefficient (Wildman–Crippen LogP) is 0.641. The van der Waals surface area contributed by atoms with Crippen molar-refractivity contribution in [1.82, 2.24) is 5.16 Å². The molecule has 0 atom stereocenters. The highest BCUT2D eigenvalue weighted by atomic mass is 32.2. The van der Waals surface area contributed by atoms with E-state index in [1.807, 2.05) is 6.92 Å². The quantitative estimate of drug-likeness (QED) is 0.661. The third kappa shape index (κ3) is 1.59. The van der Waals surface area contributed by atoms with Crippen LogP contribution in [0.4, 0.5) is 0 Å². The Balaban J connectivity index is 3.24. The molecule has 4 nitrogen and oxygen atoms in total. The van der Waals surface area contributed by atoms with Crippen LogP contribution in [0.25, 0.3) is 0 Å². The first-order valence-electron chi connectivity index (χ1n) is 3.19. The molecular formula is C6H9NO3S. The van der Waals surface area contributed by atoms with Gasteiger partial charge in [-0.25, -0.2) is 8.42 Å². The number of hydrogen-bond donors (Lipinski definition) is 0. The molecule has 0 radical (unpaired) electrons. The minimum atomic E-state index is -3.16. The summed E-state index contributed by atoms with van der Waals surface area (Å²) in [7, 11) is -3.16. The first-order chi connectivity index (χ1) is 5.05. The van der Waals surface area contributed by atoms with Crippen molar-refractivity contribution < 1.29 is 12.9 Å². The summed E-state index contributed by atoms with van der Waals surface area (Å²) in [5, 5.41) is 3.41. The highest BCUT2D eigenvalue weighted by Crippen LogP contribution is 2.14. The summed E-state index contributed by atoms with van der Waals surface area (Å²) in [4.78, 5) is 0.194. The number of nitrogens with zero attached hydrogens (tertiary/aromatic N) is 1. The molecule has 11 heavy (non-hydrogen) atoms. The van der Waals surface area contributed by atoms with Gasteiger partial charge in [0.05, 0.1) is 6.20 Å². The van der Waals surface area contributed by atoms with E-state index >= 15 is 0 Å². The monoisotopic (exact) mass is 175 g/mol. The van der Waals surface area contributed by atoms with Crippen LogP contribution >= 0.6 is 0 Å². The molecule has 1 aromatic rings. The largest absolute Gasteiger partial charge is 0.360 e. The van der Waals surface area contributed by atoms with Crippen LogP contribution < -0.4 is 0 Å². The molecule has 1 heterocycles. The van der Waals surface area contributed by atoms with Crippen molar-refractivity contribution in [2.45, 2.75) is 18.2 Å². The number of hydrogen-bond acceptors (Lipinski definition) is 4. The normalized spacial score (nSPS) is 11.8. The number of aromatic nitrogens is 1. The third-order valence-corrected chi connectivity index (χ3v) is 2.46. The molecule has 0 aliphatic heterocycles. The second-order valence-corrected chi connectivity index (χ2v) is 4.22. The molecule has 1 rings (SSSR count). The maximum absolute atomic E-state index is 11.0. The predicted molar refractivity (Wildman–Crippen MR) is 39.0 cm³/mol. The summed E-state index contributed by atoms with van der Waals surface area (Å²) in [6, 6.07) is 0. The van der Waals surface area contributed by atoms with Gasteiger partial charge in [-0.15, -0.1) is 0 Å². The van der Waals surface area contributed by atoms with E-state index in [0.29, 0.717) is 12.2 Å². The van der Waals surface area contributed by atoms with Crippen LogP contribution in [0.5, 0.6) is 0 Å². The zero-order valence-electron chi connectivity index (χ0n) is 6.36. The highest BCUT2D eigenvalue weighted by Gasteiger charge is 2.15. The van der Waals surface area contributed by atoms with Crippen molar-refractivity contribution in [2.24, 2.45) is 0 Å². The molecule has 0 N–H and O–H groups in total. The Kier molecular flexibility index (Phi) is 1.99. The first kappa shape index (κ1) is 8.26. The second kappa shape index (κ2) is 2.65. The summed E-state index contributed by atoms with van der Waals surface area (Å²) in [6.07, 6.45) is 2.91. The van der Waals surface area contributed by atoms with Crippen molar-refractivity contribution in [3.63, 3.8) is 0 Å². The fourth-order valence-electron chi connectivity index (χ4n) is 0.796. The molecule has 0 amide bonds. The molecule has 0 saturated carbocycles. The van der Waals surface area contributed by atoms with E-state index in [1.54, 1.807) is 0 Å². The van der Waals surface area contributed by atoms with Crippen LogP contribution in [0.2, 0.25) is 0 Å². The van der Waals surface area contributed by atoms with Crippen molar-refractivity contribution in [3.8, 4) is 0 Å². The molecule has 0 spiro atoms. The first-order valence-corrected chi connectivity index (χ1v) is 5.08. The smallest absolute Gasteiger partial charge is 0.180 e. The molecular weight excluding hydrogens is 166 g/mol. The van der Waals surface area contributed by atoms with Crippen LogP contribution in [0.15, 0.2) is 15.6 Å².